The van der Waals surface area contributed by atoms with E-state index in [0.717, 1.165) is 30.0 Å². The predicted octanol–water partition coefficient (Wildman–Crippen LogP) is 2.97. The summed E-state index contributed by atoms with van der Waals surface area (Å²) in [4.78, 5) is 25.2. The van der Waals surface area contributed by atoms with Crippen LogP contribution in [0.25, 0.3) is 10.8 Å². The van der Waals surface area contributed by atoms with E-state index in [0.29, 0.717) is 32.2 Å². The van der Waals surface area contributed by atoms with Gasteiger partial charge in [-0.05, 0) is 61.4 Å². The maximum atomic E-state index is 13.3. The van der Waals surface area contributed by atoms with Crippen LogP contribution >= 0.6 is 0 Å². The third kappa shape index (κ3) is 4.32. The van der Waals surface area contributed by atoms with E-state index in [9.17, 15) is 18.0 Å². The topological polar surface area (TPSA) is 107 Å². The average Bonchev–Trinajstić information content (AvgIpc) is 2.79. The molecular formula is C23H28N2O5S. The molecule has 1 amide bonds. The van der Waals surface area contributed by atoms with Crippen molar-refractivity contribution in [1.82, 2.24) is 4.31 Å². The molecule has 7 nitrogen and oxygen atoms in total. The SMILES string of the molecule is NC(=O)C1(OC(=O)C2CCCN(S(=O)(=O)c3ccc4ccccc4c3)C2)CCCCC1. The van der Waals surface area contributed by atoms with Gasteiger partial charge in [0.05, 0.1) is 10.8 Å². The van der Waals surface area contributed by atoms with Gasteiger partial charge in [0.15, 0.2) is 5.60 Å². The fourth-order valence-corrected chi connectivity index (χ4v) is 6.19. The summed E-state index contributed by atoms with van der Waals surface area (Å²) in [5.74, 6) is -1.75. The van der Waals surface area contributed by atoms with Crippen LogP contribution in [0.5, 0.6) is 0 Å². The lowest BCUT2D eigenvalue weighted by Crippen LogP contribution is -2.51. The van der Waals surface area contributed by atoms with Crippen LogP contribution in [0.3, 0.4) is 0 Å². The molecule has 0 spiro atoms. The minimum atomic E-state index is -3.75. The van der Waals surface area contributed by atoms with Crippen LogP contribution in [0, 0.1) is 5.92 Å². The average molecular weight is 445 g/mol. The summed E-state index contributed by atoms with van der Waals surface area (Å²) in [6, 6.07) is 12.6. The highest BCUT2D eigenvalue weighted by molar-refractivity contribution is 7.89. The van der Waals surface area contributed by atoms with Gasteiger partial charge in [-0.3, -0.25) is 9.59 Å². The highest BCUT2D eigenvalue weighted by Crippen LogP contribution is 2.34. The number of amides is 1. The van der Waals surface area contributed by atoms with Crippen molar-refractivity contribution in [2.24, 2.45) is 11.7 Å². The first-order chi connectivity index (χ1) is 14.8. The number of primary amides is 1. The van der Waals surface area contributed by atoms with E-state index in [1.807, 2.05) is 24.3 Å². The molecule has 1 heterocycles. The van der Waals surface area contributed by atoms with Gasteiger partial charge in [0.1, 0.15) is 0 Å². The van der Waals surface area contributed by atoms with Crippen molar-refractivity contribution in [2.45, 2.75) is 55.4 Å². The number of hydrogen-bond acceptors (Lipinski definition) is 5. The fourth-order valence-electron chi connectivity index (χ4n) is 4.63. The molecule has 2 aliphatic rings. The normalized spacial score (nSPS) is 22.1. The summed E-state index contributed by atoms with van der Waals surface area (Å²) < 4.78 is 33.5. The molecule has 8 heteroatoms. The van der Waals surface area contributed by atoms with Crippen molar-refractivity contribution in [1.29, 1.82) is 0 Å². The number of nitrogens with zero attached hydrogens (tertiary/aromatic N) is 1. The van der Waals surface area contributed by atoms with Crippen LogP contribution in [0.15, 0.2) is 47.4 Å². The molecular weight excluding hydrogens is 416 g/mol. The number of esters is 1. The molecule has 1 aliphatic carbocycles. The van der Waals surface area contributed by atoms with E-state index in [2.05, 4.69) is 0 Å². The number of nitrogens with two attached hydrogens (primary N) is 1. The maximum absolute atomic E-state index is 13.3. The standard InChI is InChI=1S/C23H28N2O5S/c24-22(27)23(12-4-1-5-13-23)30-21(26)19-9-6-14-25(16-19)31(28,29)20-11-10-17-7-2-3-8-18(17)15-20/h2-3,7-8,10-11,15,19H,1,4-6,9,12-14,16H2,(H2,24,27). The molecule has 2 N–H and O–H groups in total. The van der Waals surface area contributed by atoms with Crippen LogP contribution in [0.2, 0.25) is 0 Å². The Bertz CT molecular complexity index is 1090. The van der Waals surface area contributed by atoms with Crippen molar-refractivity contribution in [3.8, 4) is 0 Å². The van der Waals surface area contributed by atoms with Gasteiger partial charge in [0, 0.05) is 13.1 Å². The van der Waals surface area contributed by atoms with Gasteiger partial charge in [0.25, 0.3) is 5.91 Å². The third-order valence-electron chi connectivity index (χ3n) is 6.48. The number of benzene rings is 2. The van der Waals surface area contributed by atoms with Gasteiger partial charge >= 0.3 is 5.97 Å². The minimum absolute atomic E-state index is 0.0445. The lowest BCUT2D eigenvalue weighted by Gasteiger charge is -2.36. The second-order valence-electron chi connectivity index (χ2n) is 8.55. The second kappa shape index (κ2) is 8.59. The fraction of sp³-hybridized carbons (Fsp3) is 0.478. The molecule has 1 aliphatic heterocycles. The minimum Gasteiger partial charge on any atom is -0.449 e. The largest absolute Gasteiger partial charge is 0.449 e. The van der Waals surface area contributed by atoms with Crippen molar-refractivity contribution in [3.63, 3.8) is 0 Å². The molecule has 0 bridgehead atoms. The van der Waals surface area contributed by atoms with E-state index in [-0.39, 0.29) is 11.4 Å². The smallest absolute Gasteiger partial charge is 0.311 e. The lowest BCUT2D eigenvalue weighted by molar-refractivity contribution is -0.175. The Morgan fingerprint density at radius 3 is 2.42 bits per heavy atom. The van der Waals surface area contributed by atoms with Gasteiger partial charge in [-0.25, -0.2) is 8.42 Å². The Hall–Kier alpha value is -2.45. The molecule has 0 radical (unpaired) electrons. The molecule has 1 atom stereocenters. The van der Waals surface area contributed by atoms with Crippen LogP contribution in [0.1, 0.15) is 44.9 Å². The summed E-state index contributed by atoms with van der Waals surface area (Å²) >= 11 is 0. The highest BCUT2D eigenvalue weighted by atomic mass is 32.2. The lowest BCUT2D eigenvalue weighted by atomic mass is 9.84. The zero-order chi connectivity index (χ0) is 22.1. The van der Waals surface area contributed by atoms with Gasteiger partial charge in [-0.15, -0.1) is 0 Å². The van der Waals surface area contributed by atoms with Crippen LogP contribution < -0.4 is 5.73 Å². The summed E-state index contributed by atoms with van der Waals surface area (Å²) in [7, 11) is -3.75. The van der Waals surface area contributed by atoms with E-state index in [1.54, 1.807) is 18.2 Å². The zero-order valence-corrected chi connectivity index (χ0v) is 18.3. The molecule has 2 aromatic rings. The number of sulfonamides is 1. The Kier molecular flexibility index (Phi) is 6.03. The molecule has 1 saturated carbocycles. The van der Waals surface area contributed by atoms with Crippen molar-refractivity contribution in [3.05, 3.63) is 42.5 Å². The molecule has 166 valence electrons. The summed E-state index contributed by atoms with van der Waals surface area (Å²) in [6.07, 6.45) is 4.48. The monoisotopic (exact) mass is 444 g/mol. The molecule has 1 saturated heterocycles. The molecule has 0 aromatic heterocycles. The van der Waals surface area contributed by atoms with Crippen molar-refractivity contribution < 1.29 is 22.7 Å². The number of carbonyl (C=O) groups is 2. The van der Waals surface area contributed by atoms with Gasteiger partial charge in [-0.1, -0.05) is 36.8 Å². The number of carbonyl (C=O) groups excluding carboxylic acids is 2. The van der Waals surface area contributed by atoms with E-state index in [1.165, 1.54) is 4.31 Å². The third-order valence-corrected chi connectivity index (χ3v) is 8.34. The number of rotatable bonds is 5. The van der Waals surface area contributed by atoms with Crippen LogP contribution in [0.4, 0.5) is 0 Å². The first-order valence-corrected chi connectivity index (χ1v) is 12.3. The molecule has 2 aromatic carbocycles. The predicted molar refractivity (Wildman–Crippen MR) is 117 cm³/mol. The van der Waals surface area contributed by atoms with Crippen molar-refractivity contribution in [2.75, 3.05) is 13.1 Å². The summed E-state index contributed by atoms with van der Waals surface area (Å²) in [5.41, 5.74) is 4.32. The molecule has 4 rings (SSSR count). The number of hydrogen-bond donors (Lipinski definition) is 1. The zero-order valence-electron chi connectivity index (χ0n) is 17.5. The Morgan fingerprint density at radius 1 is 1.00 bits per heavy atom. The van der Waals surface area contributed by atoms with E-state index >= 15 is 0 Å². The molecule has 31 heavy (non-hydrogen) atoms. The number of ether oxygens (including phenoxy) is 1. The highest BCUT2D eigenvalue weighted by Gasteiger charge is 2.44. The maximum Gasteiger partial charge on any atom is 0.311 e. The van der Waals surface area contributed by atoms with E-state index in [4.69, 9.17) is 10.5 Å². The second-order valence-corrected chi connectivity index (χ2v) is 10.5. The van der Waals surface area contributed by atoms with Gasteiger partial charge in [0.2, 0.25) is 10.0 Å². The number of piperidine rings is 1. The Balaban J connectivity index is 1.51. The van der Waals surface area contributed by atoms with Crippen molar-refractivity contribution >= 4 is 32.7 Å². The molecule has 1 unspecified atom stereocenters. The quantitative estimate of drug-likeness (QED) is 0.714. The number of fused-ring (bicyclic) bond motifs is 1. The van der Waals surface area contributed by atoms with Gasteiger partial charge in [-0.2, -0.15) is 4.31 Å². The van der Waals surface area contributed by atoms with Crippen LogP contribution in [-0.4, -0.2) is 43.3 Å². The Labute approximate surface area is 182 Å². The summed E-state index contributed by atoms with van der Waals surface area (Å²) in [6.45, 7) is 0.392. The first-order valence-electron chi connectivity index (χ1n) is 10.8. The Morgan fingerprint density at radius 2 is 1.71 bits per heavy atom. The van der Waals surface area contributed by atoms with E-state index < -0.39 is 33.4 Å². The first kappa shape index (κ1) is 21.8. The van der Waals surface area contributed by atoms with Crippen LogP contribution in [-0.2, 0) is 24.3 Å². The molecule has 2 fully saturated rings. The van der Waals surface area contributed by atoms with Gasteiger partial charge < -0.3 is 10.5 Å². The summed E-state index contributed by atoms with van der Waals surface area (Å²) in [5, 5.41) is 1.81.